The molecule has 0 bridgehead atoms. The molecule has 2 aliphatic carbocycles. The Hall–Kier alpha value is -7.94. The molecule has 0 radical (unpaired) electrons. The van der Waals surface area contributed by atoms with Gasteiger partial charge in [-0.25, -0.2) is 0 Å². The number of fused-ring (bicyclic) bond motifs is 7. The van der Waals surface area contributed by atoms with Crippen LogP contribution in [-0.2, 0) is 5.41 Å². The molecule has 2 heteroatoms. The van der Waals surface area contributed by atoms with Crippen LogP contribution in [-0.4, -0.2) is 4.57 Å². The van der Waals surface area contributed by atoms with E-state index in [0.29, 0.717) is 0 Å². The summed E-state index contributed by atoms with van der Waals surface area (Å²) in [5.41, 5.74) is 19.1. The van der Waals surface area contributed by atoms with Crippen LogP contribution in [0, 0.1) is 0 Å². The monoisotopic (exact) mass is 774 g/mol. The Morgan fingerprint density at radius 2 is 0.836 bits per heavy atom. The van der Waals surface area contributed by atoms with Gasteiger partial charge in [0, 0.05) is 33.2 Å². The highest BCUT2D eigenvalue weighted by molar-refractivity contribution is 6.28. The Kier molecular flexibility index (Phi) is 7.26. The molecule has 0 aliphatic heterocycles. The second-order valence-corrected chi connectivity index (χ2v) is 16.4. The highest BCUT2D eigenvalue weighted by Gasteiger charge is 2.51. The average molecular weight is 775 g/mol. The summed E-state index contributed by atoms with van der Waals surface area (Å²) in [5.74, 6) is 0. The number of para-hydroxylation sites is 3. The first-order chi connectivity index (χ1) is 30.3. The van der Waals surface area contributed by atoms with E-state index in [4.69, 9.17) is 0 Å². The Balaban J connectivity index is 1.22. The summed E-state index contributed by atoms with van der Waals surface area (Å²) in [5, 5.41) is 5.16. The molecule has 13 rings (SSSR count). The minimum absolute atomic E-state index is 0.620. The van der Waals surface area contributed by atoms with Crippen LogP contribution < -0.4 is 4.90 Å². The van der Waals surface area contributed by atoms with Crippen molar-refractivity contribution in [3.05, 3.63) is 253 Å². The number of aromatic nitrogens is 1. The minimum atomic E-state index is -0.620. The zero-order valence-corrected chi connectivity index (χ0v) is 33.3. The van der Waals surface area contributed by atoms with E-state index < -0.39 is 5.41 Å². The molecule has 0 N–H and O–H groups in total. The molecule has 0 fully saturated rings. The SMILES string of the molecule is c1ccc(-c2ccc3c(c2)C2(c4cc(-c5ccccc5)ccc4-3)c3ccc(N(c4ccccc4)c4ccccc4)c4ccc5c(c34)c3c2cccc3n5-c2ccccc2)cc1. The normalized spacial score (nSPS) is 13.0. The minimum Gasteiger partial charge on any atom is -0.310 e. The molecule has 0 saturated carbocycles. The van der Waals surface area contributed by atoms with Gasteiger partial charge in [-0.15, -0.1) is 0 Å². The molecular formula is C59H38N2. The summed E-state index contributed by atoms with van der Waals surface area (Å²) in [6.07, 6.45) is 0. The molecule has 11 aromatic rings. The average Bonchev–Trinajstić information content (AvgIpc) is 3.83. The van der Waals surface area contributed by atoms with Gasteiger partial charge >= 0.3 is 0 Å². The maximum Gasteiger partial charge on any atom is 0.0727 e. The fourth-order valence-electron chi connectivity index (χ4n) is 10.9. The molecule has 0 saturated heterocycles. The van der Waals surface area contributed by atoms with Gasteiger partial charge in [0.25, 0.3) is 0 Å². The molecule has 61 heavy (non-hydrogen) atoms. The van der Waals surface area contributed by atoms with Crippen molar-refractivity contribution >= 4 is 49.6 Å². The number of anilines is 3. The van der Waals surface area contributed by atoms with Crippen LogP contribution >= 0.6 is 0 Å². The van der Waals surface area contributed by atoms with Crippen LogP contribution in [0.5, 0.6) is 0 Å². The van der Waals surface area contributed by atoms with Crippen LogP contribution in [0.3, 0.4) is 0 Å². The Morgan fingerprint density at radius 1 is 0.328 bits per heavy atom. The standard InChI is InChI=1S/C59H38N2/c1-6-17-39(18-7-1)41-29-31-46-47-32-30-42(40-19-8-2-9-20-40)38-52(47)59(51(46)37-41)49-27-16-28-54-57(49)58-55(61(54)45-25-14-5-15-26-45)35-33-48-53(36-34-50(59)56(48)58)60(43-21-10-3-11-22-43)44-23-12-4-13-24-44/h1-38H. The first kappa shape index (κ1) is 34.0. The third-order valence-corrected chi connectivity index (χ3v) is 13.4. The van der Waals surface area contributed by atoms with E-state index in [2.05, 4.69) is 240 Å². The van der Waals surface area contributed by atoms with E-state index in [1.807, 2.05) is 0 Å². The van der Waals surface area contributed by atoms with Crippen LogP contribution in [0.25, 0.3) is 71.6 Å². The van der Waals surface area contributed by atoms with Crippen molar-refractivity contribution in [2.45, 2.75) is 5.41 Å². The van der Waals surface area contributed by atoms with Gasteiger partial charge in [0.1, 0.15) is 0 Å². The molecule has 0 unspecified atom stereocenters. The number of nitrogens with zero attached hydrogens (tertiary/aromatic N) is 2. The van der Waals surface area contributed by atoms with Crippen molar-refractivity contribution in [1.82, 2.24) is 4.57 Å². The molecule has 1 heterocycles. The highest BCUT2D eigenvalue weighted by Crippen LogP contribution is 2.63. The van der Waals surface area contributed by atoms with Crippen LogP contribution in [0.1, 0.15) is 22.3 Å². The molecule has 10 aromatic carbocycles. The topological polar surface area (TPSA) is 8.17 Å². The second-order valence-electron chi connectivity index (χ2n) is 16.4. The first-order valence-electron chi connectivity index (χ1n) is 21.2. The van der Waals surface area contributed by atoms with E-state index in [0.717, 1.165) is 22.7 Å². The lowest BCUT2D eigenvalue weighted by atomic mass is 9.62. The van der Waals surface area contributed by atoms with Crippen molar-refractivity contribution in [3.63, 3.8) is 0 Å². The molecule has 2 nitrogen and oxygen atoms in total. The van der Waals surface area contributed by atoms with Crippen molar-refractivity contribution in [2.75, 3.05) is 4.90 Å². The van der Waals surface area contributed by atoms with E-state index in [9.17, 15) is 0 Å². The highest BCUT2D eigenvalue weighted by atomic mass is 15.1. The van der Waals surface area contributed by atoms with Gasteiger partial charge in [0.15, 0.2) is 0 Å². The zero-order chi connectivity index (χ0) is 40.1. The third kappa shape index (κ3) is 4.73. The number of rotatable bonds is 6. The van der Waals surface area contributed by atoms with Gasteiger partial charge in [-0.1, -0.05) is 164 Å². The van der Waals surface area contributed by atoms with Gasteiger partial charge in [-0.05, 0) is 128 Å². The summed E-state index contributed by atoms with van der Waals surface area (Å²) in [4.78, 5) is 2.43. The van der Waals surface area contributed by atoms with Crippen molar-refractivity contribution in [2.24, 2.45) is 0 Å². The lowest BCUT2D eigenvalue weighted by molar-refractivity contribution is 0.783. The third-order valence-electron chi connectivity index (χ3n) is 13.4. The first-order valence-corrected chi connectivity index (χ1v) is 21.2. The maximum absolute atomic E-state index is 2.50. The lowest BCUT2D eigenvalue weighted by Gasteiger charge is -2.39. The molecule has 2 aliphatic rings. The molecule has 284 valence electrons. The zero-order valence-electron chi connectivity index (χ0n) is 33.3. The molecule has 0 atom stereocenters. The molecule has 1 spiro atoms. The van der Waals surface area contributed by atoms with E-state index in [1.165, 1.54) is 88.2 Å². The Morgan fingerprint density at radius 3 is 1.41 bits per heavy atom. The number of hydrogen-bond acceptors (Lipinski definition) is 1. The largest absolute Gasteiger partial charge is 0.310 e. The Labute approximate surface area is 354 Å². The van der Waals surface area contributed by atoms with Crippen LogP contribution in [0.4, 0.5) is 17.1 Å². The van der Waals surface area contributed by atoms with Crippen LogP contribution in [0.15, 0.2) is 231 Å². The van der Waals surface area contributed by atoms with Crippen molar-refractivity contribution in [3.8, 4) is 39.1 Å². The second kappa shape index (κ2) is 13.0. The van der Waals surface area contributed by atoms with E-state index in [1.54, 1.807) is 0 Å². The van der Waals surface area contributed by atoms with Gasteiger partial charge in [-0.3, -0.25) is 0 Å². The predicted octanol–water partition coefficient (Wildman–Crippen LogP) is 15.4. The Bertz CT molecular complexity index is 3370. The quantitative estimate of drug-likeness (QED) is 0.163. The number of hydrogen-bond donors (Lipinski definition) is 0. The molecular weight excluding hydrogens is 737 g/mol. The smallest absolute Gasteiger partial charge is 0.0727 e. The summed E-state index contributed by atoms with van der Waals surface area (Å²) in [6.45, 7) is 0. The summed E-state index contributed by atoms with van der Waals surface area (Å²) in [6, 6.07) is 85.4. The van der Waals surface area contributed by atoms with E-state index >= 15 is 0 Å². The van der Waals surface area contributed by atoms with Crippen molar-refractivity contribution < 1.29 is 0 Å². The fraction of sp³-hybridized carbons (Fsp3) is 0.0169. The summed E-state index contributed by atoms with van der Waals surface area (Å²) < 4.78 is 2.49. The summed E-state index contributed by atoms with van der Waals surface area (Å²) in [7, 11) is 0. The predicted molar refractivity (Wildman–Crippen MR) is 255 cm³/mol. The van der Waals surface area contributed by atoms with Gasteiger partial charge < -0.3 is 9.47 Å². The summed E-state index contributed by atoms with van der Waals surface area (Å²) >= 11 is 0. The van der Waals surface area contributed by atoms with E-state index in [-0.39, 0.29) is 0 Å². The number of benzene rings is 10. The molecule has 0 amide bonds. The van der Waals surface area contributed by atoms with Gasteiger partial charge in [0.05, 0.1) is 22.1 Å². The van der Waals surface area contributed by atoms with Crippen LogP contribution in [0.2, 0.25) is 0 Å². The van der Waals surface area contributed by atoms with Gasteiger partial charge in [-0.2, -0.15) is 0 Å². The maximum atomic E-state index is 2.50. The van der Waals surface area contributed by atoms with Crippen molar-refractivity contribution in [1.29, 1.82) is 0 Å². The van der Waals surface area contributed by atoms with Gasteiger partial charge in [0.2, 0.25) is 0 Å². The lowest BCUT2D eigenvalue weighted by Crippen LogP contribution is -2.31. The fourth-order valence-corrected chi connectivity index (χ4v) is 10.9. The molecule has 1 aromatic heterocycles.